The van der Waals surface area contributed by atoms with E-state index in [9.17, 15) is 17.6 Å². The number of anilines is 2. The number of aromatic nitrogens is 2. The normalized spacial score (nSPS) is 11.3. The van der Waals surface area contributed by atoms with Gasteiger partial charge in [-0.15, -0.1) is 0 Å². The summed E-state index contributed by atoms with van der Waals surface area (Å²) in [4.78, 5) is 7.32. The molecule has 10 heteroatoms. The van der Waals surface area contributed by atoms with E-state index in [-0.39, 0.29) is 30.6 Å². The molecular formula is C15H15F4N3O3. The number of hydrogen-bond acceptors (Lipinski definition) is 6. The minimum Gasteiger partial charge on any atom is -0.495 e. The van der Waals surface area contributed by atoms with E-state index < -0.39 is 23.4 Å². The molecule has 0 aliphatic heterocycles. The van der Waals surface area contributed by atoms with Gasteiger partial charge in [0.2, 0.25) is 11.8 Å². The Balaban J connectivity index is 2.33. The van der Waals surface area contributed by atoms with Crippen molar-refractivity contribution >= 4 is 11.6 Å². The second-order valence-electron chi connectivity index (χ2n) is 4.72. The third-order valence-corrected chi connectivity index (χ3v) is 2.99. The van der Waals surface area contributed by atoms with E-state index >= 15 is 0 Å². The first-order chi connectivity index (χ1) is 11.8. The van der Waals surface area contributed by atoms with Crippen molar-refractivity contribution in [2.24, 2.45) is 0 Å². The Morgan fingerprint density at radius 1 is 1.16 bits per heavy atom. The van der Waals surface area contributed by atoms with Crippen molar-refractivity contribution < 1.29 is 31.8 Å². The van der Waals surface area contributed by atoms with Gasteiger partial charge in [-0.3, -0.25) is 0 Å². The van der Waals surface area contributed by atoms with Crippen molar-refractivity contribution in [1.29, 1.82) is 0 Å². The molecule has 136 valence electrons. The molecular weight excluding hydrogens is 346 g/mol. The number of rotatable bonds is 7. The summed E-state index contributed by atoms with van der Waals surface area (Å²) < 4.78 is 67.2. The molecule has 0 spiro atoms. The molecule has 0 atom stereocenters. The molecule has 0 saturated carbocycles. The predicted octanol–water partition coefficient (Wildman–Crippen LogP) is 3.41. The maximum absolute atomic E-state index is 13.4. The van der Waals surface area contributed by atoms with Crippen molar-refractivity contribution in [2.75, 3.05) is 32.8 Å². The van der Waals surface area contributed by atoms with E-state index in [0.717, 1.165) is 6.07 Å². The van der Waals surface area contributed by atoms with Gasteiger partial charge in [-0.25, -0.2) is 9.37 Å². The Bertz CT molecular complexity index is 726. The van der Waals surface area contributed by atoms with Crippen LogP contribution in [0.15, 0.2) is 24.4 Å². The topological polar surface area (TPSA) is 65.5 Å². The number of methoxy groups -OCH3 is 2. The zero-order chi connectivity index (χ0) is 18.4. The summed E-state index contributed by atoms with van der Waals surface area (Å²) in [6, 6.07) is 3.64. The fourth-order valence-electron chi connectivity index (χ4n) is 1.85. The second-order valence-corrected chi connectivity index (χ2v) is 4.72. The van der Waals surface area contributed by atoms with Crippen LogP contribution in [0.2, 0.25) is 0 Å². The molecule has 0 bridgehead atoms. The first-order valence-electron chi connectivity index (χ1n) is 7.01. The molecule has 2 aromatic rings. The van der Waals surface area contributed by atoms with Crippen LogP contribution in [0.1, 0.15) is 5.56 Å². The molecule has 25 heavy (non-hydrogen) atoms. The molecule has 0 aliphatic rings. The van der Waals surface area contributed by atoms with Crippen LogP contribution in [0.4, 0.5) is 29.2 Å². The first kappa shape index (κ1) is 18.7. The number of alkyl halides is 3. The summed E-state index contributed by atoms with van der Waals surface area (Å²) in [5.41, 5.74) is -0.967. The monoisotopic (exact) mass is 361 g/mol. The molecule has 0 saturated heterocycles. The highest BCUT2D eigenvalue weighted by Crippen LogP contribution is 2.36. The fraction of sp³-hybridized carbons (Fsp3) is 0.333. The standard InChI is InChI=1S/C15H15F4N3O3/c1-23-5-6-25-13-10(15(17,18)19)8-20-14(22-13)21-11-7-9(16)3-4-12(11)24-2/h3-4,7-8H,5-6H2,1-2H3,(H,20,21,22). The number of nitrogens with one attached hydrogen (secondary N) is 1. The lowest BCUT2D eigenvalue weighted by molar-refractivity contribution is -0.139. The van der Waals surface area contributed by atoms with E-state index in [1.54, 1.807) is 0 Å². The number of benzene rings is 1. The van der Waals surface area contributed by atoms with Gasteiger partial charge in [-0.2, -0.15) is 18.2 Å². The Morgan fingerprint density at radius 3 is 2.56 bits per heavy atom. The third kappa shape index (κ3) is 4.92. The van der Waals surface area contributed by atoms with Crippen LogP contribution in [0.5, 0.6) is 11.6 Å². The number of halogens is 4. The Morgan fingerprint density at radius 2 is 1.92 bits per heavy atom. The van der Waals surface area contributed by atoms with Gasteiger partial charge in [-0.1, -0.05) is 0 Å². The molecule has 2 rings (SSSR count). The number of hydrogen-bond donors (Lipinski definition) is 1. The van der Waals surface area contributed by atoms with Crippen LogP contribution in [0.25, 0.3) is 0 Å². The van der Waals surface area contributed by atoms with Crippen molar-refractivity contribution in [3.8, 4) is 11.6 Å². The van der Waals surface area contributed by atoms with E-state index in [4.69, 9.17) is 14.2 Å². The largest absolute Gasteiger partial charge is 0.495 e. The molecule has 0 fully saturated rings. The molecule has 0 radical (unpaired) electrons. The Hall–Kier alpha value is -2.62. The van der Waals surface area contributed by atoms with Crippen molar-refractivity contribution in [2.45, 2.75) is 6.18 Å². The summed E-state index contributed by atoms with van der Waals surface area (Å²) in [5, 5.41) is 2.61. The van der Waals surface area contributed by atoms with E-state index in [0.29, 0.717) is 6.20 Å². The Kier molecular flexibility index (Phi) is 5.97. The molecule has 0 unspecified atom stereocenters. The Labute approximate surface area is 140 Å². The summed E-state index contributed by atoms with van der Waals surface area (Å²) in [7, 11) is 2.75. The lowest BCUT2D eigenvalue weighted by atomic mass is 10.3. The number of nitrogens with zero attached hydrogens (tertiary/aromatic N) is 2. The van der Waals surface area contributed by atoms with Crippen LogP contribution in [-0.2, 0) is 10.9 Å². The maximum Gasteiger partial charge on any atom is 0.423 e. The second kappa shape index (κ2) is 7.97. The SMILES string of the molecule is COCCOc1nc(Nc2cc(F)ccc2OC)ncc1C(F)(F)F. The lowest BCUT2D eigenvalue weighted by Crippen LogP contribution is -2.14. The van der Waals surface area contributed by atoms with Gasteiger partial charge >= 0.3 is 6.18 Å². The van der Waals surface area contributed by atoms with Gasteiger partial charge in [0.05, 0.1) is 19.4 Å². The van der Waals surface area contributed by atoms with Gasteiger partial charge in [0, 0.05) is 19.4 Å². The highest BCUT2D eigenvalue weighted by atomic mass is 19.4. The quantitative estimate of drug-likeness (QED) is 0.602. The highest BCUT2D eigenvalue weighted by Gasteiger charge is 2.36. The van der Waals surface area contributed by atoms with Crippen LogP contribution in [0.3, 0.4) is 0 Å². The molecule has 1 heterocycles. The summed E-state index contributed by atoms with van der Waals surface area (Å²) >= 11 is 0. The third-order valence-electron chi connectivity index (χ3n) is 2.99. The molecule has 6 nitrogen and oxygen atoms in total. The van der Waals surface area contributed by atoms with Gasteiger partial charge < -0.3 is 19.5 Å². The number of ether oxygens (including phenoxy) is 3. The zero-order valence-corrected chi connectivity index (χ0v) is 13.4. The van der Waals surface area contributed by atoms with Crippen LogP contribution in [-0.4, -0.2) is 37.4 Å². The van der Waals surface area contributed by atoms with Gasteiger partial charge in [0.15, 0.2) is 0 Å². The first-order valence-corrected chi connectivity index (χ1v) is 7.01. The lowest BCUT2D eigenvalue weighted by Gasteiger charge is -2.15. The summed E-state index contributed by atoms with van der Waals surface area (Å²) in [6.45, 7) is -0.0406. The minimum absolute atomic E-state index is 0.0851. The molecule has 0 aliphatic carbocycles. The predicted molar refractivity (Wildman–Crippen MR) is 80.6 cm³/mol. The molecule has 1 aromatic carbocycles. The van der Waals surface area contributed by atoms with E-state index in [1.807, 2.05) is 0 Å². The van der Waals surface area contributed by atoms with Crippen molar-refractivity contribution in [3.05, 3.63) is 35.8 Å². The highest BCUT2D eigenvalue weighted by molar-refractivity contribution is 5.62. The van der Waals surface area contributed by atoms with Gasteiger partial charge in [0.25, 0.3) is 0 Å². The molecule has 1 aromatic heterocycles. The van der Waals surface area contributed by atoms with Gasteiger partial charge in [0.1, 0.15) is 23.7 Å². The minimum atomic E-state index is -4.68. The van der Waals surface area contributed by atoms with Crippen molar-refractivity contribution in [1.82, 2.24) is 9.97 Å². The maximum atomic E-state index is 13.4. The fourth-order valence-corrected chi connectivity index (χ4v) is 1.85. The molecule has 1 N–H and O–H groups in total. The van der Waals surface area contributed by atoms with E-state index in [2.05, 4.69) is 15.3 Å². The van der Waals surface area contributed by atoms with Crippen LogP contribution >= 0.6 is 0 Å². The van der Waals surface area contributed by atoms with Crippen LogP contribution < -0.4 is 14.8 Å². The van der Waals surface area contributed by atoms with Gasteiger partial charge in [-0.05, 0) is 12.1 Å². The van der Waals surface area contributed by atoms with Crippen LogP contribution in [0, 0.1) is 5.82 Å². The smallest absolute Gasteiger partial charge is 0.423 e. The summed E-state index contributed by atoms with van der Waals surface area (Å²) in [5.74, 6) is -1.15. The average Bonchev–Trinajstić information content (AvgIpc) is 2.54. The van der Waals surface area contributed by atoms with Crippen molar-refractivity contribution in [3.63, 3.8) is 0 Å². The average molecular weight is 361 g/mol. The molecule has 0 amide bonds. The zero-order valence-electron chi connectivity index (χ0n) is 13.4. The summed E-state index contributed by atoms with van der Waals surface area (Å²) in [6.07, 6.45) is -4.10. The van der Waals surface area contributed by atoms with E-state index in [1.165, 1.54) is 26.4 Å².